The molecule has 5 nitrogen and oxygen atoms in total. The predicted molar refractivity (Wildman–Crippen MR) is 47.4 cm³/mol. The van der Waals surface area contributed by atoms with E-state index in [2.05, 4.69) is 0 Å². The van der Waals surface area contributed by atoms with Crippen LogP contribution in [0.25, 0.3) is 0 Å². The average molecular weight is 314 g/mol. The second kappa shape index (κ2) is 5.06. The predicted octanol–water partition coefficient (Wildman–Crippen LogP) is -0.764. The van der Waals surface area contributed by atoms with Crippen LogP contribution >= 0.6 is 0 Å². The van der Waals surface area contributed by atoms with E-state index in [1.807, 2.05) is 0 Å². The van der Waals surface area contributed by atoms with Gasteiger partial charge in [0, 0.05) is 13.3 Å². The van der Waals surface area contributed by atoms with Gasteiger partial charge in [0.2, 0.25) is 11.8 Å². The van der Waals surface area contributed by atoms with E-state index in [0.717, 1.165) is 11.2 Å². The van der Waals surface area contributed by atoms with Crippen LogP contribution in [0.5, 0.6) is 0 Å². The SMILES string of the molecule is CN1C(=O)CC(S(C)(=O)=O)C1=O.[Ag+].[CH3-]. The molecule has 86 valence electrons. The van der Waals surface area contributed by atoms with Gasteiger partial charge in [0.05, 0.1) is 6.42 Å². The summed E-state index contributed by atoms with van der Waals surface area (Å²) >= 11 is 0. The molecule has 0 radical (unpaired) electrons. The van der Waals surface area contributed by atoms with Crippen molar-refractivity contribution in [2.45, 2.75) is 11.7 Å². The number of hydrogen-bond donors (Lipinski definition) is 0. The van der Waals surface area contributed by atoms with Crippen molar-refractivity contribution in [3.63, 3.8) is 0 Å². The molecular weight excluding hydrogens is 302 g/mol. The van der Waals surface area contributed by atoms with Gasteiger partial charge in [-0.15, -0.1) is 0 Å². The molecule has 7 heteroatoms. The molecule has 0 spiro atoms. The van der Waals surface area contributed by atoms with Gasteiger partial charge in [-0.3, -0.25) is 14.5 Å². The molecule has 0 N–H and O–H groups in total. The largest absolute Gasteiger partial charge is 1.00 e. The summed E-state index contributed by atoms with van der Waals surface area (Å²) in [7, 11) is -2.14. The summed E-state index contributed by atoms with van der Waals surface area (Å²) in [5.74, 6) is -1.06. The zero-order chi connectivity index (χ0) is 9.52. The number of likely N-dealkylation sites (tertiary alicyclic amines) is 1. The maximum Gasteiger partial charge on any atom is 1.00 e. The third-order valence-electron chi connectivity index (χ3n) is 1.86. The summed E-state index contributed by atoms with van der Waals surface area (Å²) < 4.78 is 21.9. The number of imide groups is 1. The first-order chi connectivity index (χ1) is 5.34. The second-order valence-electron chi connectivity index (χ2n) is 2.81. The van der Waals surface area contributed by atoms with E-state index < -0.39 is 26.9 Å². The van der Waals surface area contributed by atoms with Crippen molar-refractivity contribution in [2.75, 3.05) is 13.3 Å². The second-order valence-corrected chi connectivity index (χ2v) is 5.04. The Morgan fingerprint density at radius 1 is 1.36 bits per heavy atom. The van der Waals surface area contributed by atoms with Crippen LogP contribution in [0.3, 0.4) is 0 Å². The summed E-state index contributed by atoms with van der Waals surface area (Å²) in [6, 6.07) is 0. The Bertz CT molecular complexity index is 338. The molecule has 1 fully saturated rings. The zero-order valence-electron chi connectivity index (χ0n) is 8.07. The van der Waals surface area contributed by atoms with E-state index in [-0.39, 0.29) is 36.2 Å². The molecule has 0 saturated carbocycles. The Balaban J connectivity index is 0. The normalized spacial score (nSPS) is 21.6. The molecule has 1 aliphatic heterocycles. The van der Waals surface area contributed by atoms with Crippen molar-refractivity contribution in [1.82, 2.24) is 4.90 Å². The minimum Gasteiger partial charge on any atom is -0.358 e. The Morgan fingerprint density at radius 2 is 1.79 bits per heavy atom. The van der Waals surface area contributed by atoms with Crippen LogP contribution in [-0.4, -0.2) is 43.7 Å². The number of amides is 2. The van der Waals surface area contributed by atoms with E-state index in [1.54, 1.807) is 0 Å². The van der Waals surface area contributed by atoms with E-state index in [9.17, 15) is 18.0 Å². The number of sulfone groups is 1. The van der Waals surface area contributed by atoms with E-state index >= 15 is 0 Å². The van der Waals surface area contributed by atoms with Gasteiger partial charge < -0.3 is 7.43 Å². The Kier molecular flexibility index (Phi) is 5.88. The van der Waals surface area contributed by atoms with Crippen molar-refractivity contribution >= 4 is 21.7 Å². The first-order valence-electron chi connectivity index (χ1n) is 3.33. The summed E-state index contributed by atoms with van der Waals surface area (Å²) in [5, 5.41) is -1.16. The zero-order valence-corrected chi connectivity index (χ0v) is 10.4. The minimum absolute atomic E-state index is 0. The molecule has 0 aromatic carbocycles. The Hall–Kier alpha value is -0.170. The van der Waals surface area contributed by atoms with Gasteiger partial charge in [-0.05, 0) is 0 Å². The molecule has 0 aliphatic carbocycles. The maximum atomic E-state index is 11.1. The van der Waals surface area contributed by atoms with Crippen molar-refractivity contribution < 1.29 is 40.4 Å². The summed E-state index contributed by atoms with van der Waals surface area (Å²) in [5.41, 5.74) is 0. The third-order valence-corrected chi connectivity index (χ3v) is 3.26. The fourth-order valence-electron chi connectivity index (χ4n) is 1.06. The van der Waals surface area contributed by atoms with Crippen molar-refractivity contribution in [3.8, 4) is 0 Å². The van der Waals surface area contributed by atoms with Gasteiger partial charge in [-0.1, -0.05) is 0 Å². The smallest absolute Gasteiger partial charge is 0.358 e. The maximum absolute atomic E-state index is 11.1. The van der Waals surface area contributed by atoms with E-state index in [0.29, 0.717) is 0 Å². The third kappa shape index (κ3) is 2.91. The fourth-order valence-corrected chi connectivity index (χ4v) is 2.03. The van der Waals surface area contributed by atoms with Gasteiger partial charge in [0.1, 0.15) is 5.25 Å². The van der Waals surface area contributed by atoms with Crippen LogP contribution in [0.15, 0.2) is 0 Å². The standard InChI is InChI=1S/C6H9NO4S.CH3.Ag/c1-7-5(8)3-4(6(7)9)12(2,10)11;;/h4H,3H2,1-2H3;1H3;/q;-1;+1. The molecule has 14 heavy (non-hydrogen) atoms. The Morgan fingerprint density at radius 3 is 1.93 bits per heavy atom. The Labute approximate surface area is 99.3 Å². The van der Waals surface area contributed by atoms with Crippen LogP contribution in [0.4, 0.5) is 0 Å². The molecule has 0 aromatic heterocycles. The quantitative estimate of drug-likeness (QED) is 0.362. The first-order valence-corrected chi connectivity index (χ1v) is 5.29. The number of carbonyl (C=O) groups is 2. The monoisotopic (exact) mass is 313 g/mol. The molecule has 1 unspecified atom stereocenters. The van der Waals surface area contributed by atoms with Crippen LogP contribution in [0.1, 0.15) is 6.42 Å². The van der Waals surface area contributed by atoms with Crippen LogP contribution in [0.2, 0.25) is 0 Å². The molecular formula is C7H12AgNO4S. The fraction of sp³-hybridized carbons (Fsp3) is 0.571. The van der Waals surface area contributed by atoms with Gasteiger partial charge in [-0.2, -0.15) is 0 Å². The first kappa shape index (κ1) is 16.3. The van der Waals surface area contributed by atoms with Crippen molar-refractivity contribution in [3.05, 3.63) is 7.43 Å². The van der Waals surface area contributed by atoms with Gasteiger partial charge in [0.25, 0.3) is 0 Å². The summed E-state index contributed by atoms with van der Waals surface area (Å²) in [6.45, 7) is 0. The van der Waals surface area contributed by atoms with Crippen LogP contribution < -0.4 is 0 Å². The van der Waals surface area contributed by atoms with Crippen LogP contribution in [-0.2, 0) is 41.8 Å². The average Bonchev–Trinajstić information content (AvgIpc) is 2.15. The molecule has 1 aliphatic rings. The van der Waals surface area contributed by atoms with E-state index in [4.69, 9.17) is 0 Å². The molecule has 0 bridgehead atoms. The minimum atomic E-state index is -3.43. The number of carbonyl (C=O) groups excluding carboxylic acids is 2. The molecule has 1 heterocycles. The van der Waals surface area contributed by atoms with Gasteiger partial charge >= 0.3 is 22.4 Å². The van der Waals surface area contributed by atoms with Crippen molar-refractivity contribution in [1.29, 1.82) is 0 Å². The molecule has 2 amide bonds. The van der Waals surface area contributed by atoms with E-state index in [1.165, 1.54) is 7.05 Å². The summed E-state index contributed by atoms with van der Waals surface area (Å²) in [6.07, 6.45) is 0.746. The summed E-state index contributed by atoms with van der Waals surface area (Å²) in [4.78, 5) is 22.8. The number of nitrogens with zero attached hydrogens (tertiary/aromatic N) is 1. The molecule has 0 aromatic rings. The molecule has 1 atom stereocenters. The molecule has 1 rings (SSSR count). The number of rotatable bonds is 1. The topological polar surface area (TPSA) is 71.5 Å². The number of hydrogen-bond acceptors (Lipinski definition) is 4. The van der Waals surface area contributed by atoms with Crippen LogP contribution in [0, 0.1) is 7.43 Å². The van der Waals surface area contributed by atoms with Gasteiger partial charge in [0.15, 0.2) is 9.84 Å². The van der Waals surface area contributed by atoms with Crippen molar-refractivity contribution in [2.24, 2.45) is 0 Å². The molecule has 1 saturated heterocycles. The van der Waals surface area contributed by atoms with Gasteiger partial charge in [-0.25, -0.2) is 8.42 Å².